The average Bonchev–Trinajstić information content (AvgIpc) is 2.39. The highest BCUT2D eigenvalue weighted by Gasteiger charge is 2.10. The minimum absolute atomic E-state index is 0.765. The van der Waals surface area contributed by atoms with Crippen molar-refractivity contribution in [2.45, 2.75) is 26.7 Å². The summed E-state index contributed by atoms with van der Waals surface area (Å²) >= 11 is 12.2. The van der Waals surface area contributed by atoms with Crippen LogP contribution in [0.15, 0.2) is 36.4 Å². The van der Waals surface area contributed by atoms with E-state index in [9.17, 15) is 0 Å². The molecule has 2 heteroatoms. The molecule has 94 valence electrons. The molecule has 2 aromatic carbocycles. The van der Waals surface area contributed by atoms with E-state index in [1.165, 1.54) is 22.3 Å². The molecule has 0 saturated heterocycles. The van der Waals surface area contributed by atoms with E-state index in [1.807, 2.05) is 18.2 Å². The Balaban J connectivity index is 2.60. The van der Waals surface area contributed by atoms with Gasteiger partial charge in [-0.2, -0.15) is 0 Å². The van der Waals surface area contributed by atoms with Crippen molar-refractivity contribution >= 4 is 23.2 Å². The van der Waals surface area contributed by atoms with Gasteiger partial charge in [-0.05, 0) is 53.3 Å². The molecule has 0 nitrogen and oxygen atoms in total. The summed E-state index contributed by atoms with van der Waals surface area (Å²) in [6.07, 6.45) is 1.95. The van der Waals surface area contributed by atoms with Crippen molar-refractivity contribution in [3.8, 4) is 11.1 Å². The molecule has 0 aliphatic heterocycles. The van der Waals surface area contributed by atoms with Gasteiger partial charge in [0.1, 0.15) is 0 Å². The summed E-state index contributed by atoms with van der Waals surface area (Å²) in [5.41, 5.74) is 5.05. The molecule has 0 fully saturated rings. The van der Waals surface area contributed by atoms with Gasteiger partial charge < -0.3 is 0 Å². The van der Waals surface area contributed by atoms with E-state index >= 15 is 0 Å². The molecule has 0 N–H and O–H groups in total. The van der Waals surface area contributed by atoms with Crippen LogP contribution in [0.3, 0.4) is 0 Å². The molecule has 0 aliphatic carbocycles. The molecule has 0 radical (unpaired) electrons. The van der Waals surface area contributed by atoms with Crippen molar-refractivity contribution in [2.75, 3.05) is 0 Å². The Morgan fingerprint density at radius 1 is 0.778 bits per heavy atom. The predicted octanol–water partition coefficient (Wildman–Crippen LogP) is 5.79. The molecule has 0 heterocycles. The van der Waals surface area contributed by atoms with Crippen LogP contribution < -0.4 is 0 Å². The van der Waals surface area contributed by atoms with Gasteiger partial charge in [0, 0.05) is 10.0 Å². The lowest BCUT2D eigenvalue weighted by atomic mass is 9.92. The number of rotatable bonds is 3. The minimum Gasteiger partial charge on any atom is -0.0843 e. The Kier molecular flexibility index (Phi) is 4.31. The second kappa shape index (κ2) is 5.77. The third-order valence-corrected chi connectivity index (χ3v) is 3.84. The zero-order valence-electron chi connectivity index (χ0n) is 10.6. The highest BCUT2D eigenvalue weighted by Crippen LogP contribution is 2.32. The normalized spacial score (nSPS) is 10.7. The van der Waals surface area contributed by atoms with Gasteiger partial charge in [-0.3, -0.25) is 0 Å². The van der Waals surface area contributed by atoms with Gasteiger partial charge in [0.15, 0.2) is 0 Å². The third kappa shape index (κ3) is 2.55. The van der Waals surface area contributed by atoms with Crippen LogP contribution in [-0.2, 0) is 12.8 Å². The molecule has 2 aromatic rings. The van der Waals surface area contributed by atoms with Gasteiger partial charge in [-0.25, -0.2) is 0 Å². The topological polar surface area (TPSA) is 0 Å². The largest absolute Gasteiger partial charge is 0.0843 e. The van der Waals surface area contributed by atoms with Crippen LogP contribution in [0, 0.1) is 0 Å². The molecule has 0 aromatic heterocycles. The minimum atomic E-state index is 0.765. The van der Waals surface area contributed by atoms with Crippen LogP contribution >= 0.6 is 23.2 Å². The summed E-state index contributed by atoms with van der Waals surface area (Å²) < 4.78 is 0. The first-order chi connectivity index (χ1) is 8.67. The van der Waals surface area contributed by atoms with Gasteiger partial charge in [0.25, 0.3) is 0 Å². The second-order valence-corrected chi connectivity index (χ2v) is 5.11. The maximum absolute atomic E-state index is 6.27. The molecule has 0 bridgehead atoms. The number of halogens is 2. The van der Waals surface area contributed by atoms with Crippen LogP contribution in [0.1, 0.15) is 25.0 Å². The van der Waals surface area contributed by atoms with Crippen molar-refractivity contribution in [1.29, 1.82) is 0 Å². The lowest BCUT2D eigenvalue weighted by Gasteiger charge is -2.14. The summed E-state index contributed by atoms with van der Waals surface area (Å²) in [7, 11) is 0. The van der Waals surface area contributed by atoms with E-state index in [0.717, 1.165) is 22.9 Å². The Bertz CT molecular complexity index is 542. The van der Waals surface area contributed by atoms with Crippen molar-refractivity contribution in [3.63, 3.8) is 0 Å². The highest BCUT2D eigenvalue weighted by molar-refractivity contribution is 6.31. The van der Waals surface area contributed by atoms with E-state index in [0.29, 0.717) is 0 Å². The van der Waals surface area contributed by atoms with E-state index in [4.69, 9.17) is 23.2 Å². The van der Waals surface area contributed by atoms with Crippen LogP contribution in [0.5, 0.6) is 0 Å². The first kappa shape index (κ1) is 13.5. The van der Waals surface area contributed by atoms with Crippen LogP contribution in [0.25, 0.3) is 11.1 Å². The smallest absolute Gasteiger partial charge is 0.0441 e. The molecule has 18 heavy (non-hydrogen) atoms. The number of hydrogen-bond donors (Lipinski definition) is 0. The summed E-state index contributed by atoms with van der Waals surface area (Å²) in [4.78, 5) is 0. The molecule has 2 rings (SSSR count). The van der Waals surface area contributed by atoms with Crippen LogP contribution in [0.4, 0.5) is 0 Å². The van der Waals surface area contributed by atoms with E-state index in [2.05, 4.69) is 32.0 Å². The quantitative estimate of drug-likeness (QED) is 0.667. The maximum atomic E-state index is 6.27. The summed E-state index contributed by atoms with van der Waals surface area (Å²) in [5.74, 6) is 0. The van der Waals surface area contributed by atoms with Crippen LogP contribution in [-0.4, -0.2) is 0 Å². The Morgan fingerprint density at radius 2 is 1.39 bits per heavy atom. The monoisotopic (exact) mass is 278 g/mol. The van der Waals surface area contributed by atoms with Crippen molar-refractivity contribution in [1.82, 2.24) is 0 Å². The van der Waals surface area contributed by atoms with Gasteiger partial charge in [-0.15, -0.1) is 0 Å². The molecular weight excluding hydrogens is 263 g/mol. The zero-order chi connectivity index (χ0) is 13.1. The van der Waals surface area contributed by atoms with E-state index < -0.39 is 0 Å². The SMILES string of the molecule is CCc1c(Cl)ccc(-c2ccc(Cl)cc2)c1CC. The summed E-state index contributed by atoms with van der Waals surface area (Å²) in [6, 6.07) is 12.1. The highest BCUT2D eigenvalue weighted by atomic mass is 35.5. The fourth-order valence-electron chi connectivity index (χ4n) is 2.35. The van der Waals surface area contributed by atoms with Gasteiger partial charge in [-0.1, -0.05) is 55.2 Å². The van der Waals surface area contributed by atoms with Gasteiger partial charge in [0.05, 0.1) is 0 Å². The lowest BCUT2D eigenvalue weighted by Crippen LogP contribution is -1.96. The lowest BCUT2D eigenvalue weighted by molar-refractivity contribution is 1.04. The number of benzene rings is 2. The third-order valence-electron chi connectivity index (χ3n) is 3.24. The van der Waals surface area contributed by atoms with Crippen molar-refractivity contribution in [2.24, 2.45) is 0 Å². The fraction of sp³-hybridized carbons (Fsp3) is 0.250. The molecule has 0 unspecified atom stereocenters. The predicted molar refractivity (Wildman–Crippen MR) is 80.7 cm³/mol. The molecular formula is C16H16Cl2. The summed E-state index contributed by atoms with van der Waals surface area (Å²) in [6.45, 7) is 4.32. The molecule has 0 amide bonds. The maximum Gasteiger partial charge on any atom is 0.0441 e. The number of hydrogen-bond acceptors (Lipinski definition) is 0. The van der Waals surface area contributed by atoms with Crippen molar-refractivity contribution in [3.05, 3.63) is 57.6 Å². The fourth-order valence-corrected chi connectivity index (χ4v) is 2.79. The standard InChI is InChI=1S/C16H16Cl2/c1-3-13-14(4-2)16(18)10-9-15(13)11-5-7-12(17)8-6-11/h5-10H,3-4H2,1-2H3. The molecule has 0 saturated carbocycles. The Labute approximate surface area is 119 Å². The average molecular weight is 279 g/mol. The first-order valence-corrected chi connectivity index (χ1v) is 6.99. The van der Waals surface area contributed by atoms with Crippen molar-refractivity contribution < 1.29 is 0 Å². The van der Waals surface area contributed by atoms with E-state index in [-0.39, 0.29) is 0 Å². The molecule has 0 aliphatic rings. The Hall–Kier alpha value is -0.980. The second-order valence-electron chi connectivity index (χ2n) is 4.27. The van der Waals surface area contributed by atoms with Crippen LogP contribution in [0.2, 0.25) is 10.0 Å². The zero-order valence-corrected chi connectivity index (χ0v) is 12.1. The summed E-state index contributed by atoms with van der Waals surface area (Å²) in [5, 5.41) is 1.63. The molecule has 0 atom stereocenters. The molecule has 0 spiro atoms. The van der Waals surface area contributed by atoms with Gasteiger partial charge in [0.2, 0.25) is 0 Å². The Morgan fingerprint density at radius 3 is 1.94 bits per heavy atom. The van der Waals surface area contributed by atoms with E-state index in [1.54, 1.807) is 0 Å². The van der Waals surface area contributed by atoms with Gasteiger partial charge >= 0.3 is 0 Å². The first-order valence-electron chi connectivity index (χ1n) is 6.23.